The summed E-state index contributed by atoms with van der Waals surface area (Å²) in [6.07, 6.45) is 6.08. The molecule has 1 aromatic heterocycles. The molecule has 0 spiro atoms. The maximum Gasteiger partial charge on any atom is 0.171 e. The van der Waals surface area contributed by atoms with Gasteiger partial charge in [-0.2, -0.15) is 0 Å². The summed E-state index contributed by atoms with van der Waals surface area (Å²) in [5.74, 6) is 0. The van der Waals surface area contributed by atoms with Gasteiger partial charge < -0.3 is 15.5 Å². The van der Waals surface area contributed by atoms with Crippen molar-refractivity contribution in [1.82, 2.24) is 10.3 Å². The molecule has 4 nitrogen and oxygen atoms in total. The standard InChI is InChI=1S/C18H22N4S/c1-14(20-18(23)21-16-8-10-19-11-9-16)15-4-6-17(7-5-15)22-12-2-3-13-22/h4-11,14H,2-3,12-13H2,1H3,(H2,19,20,21,23)/t14-/m1/s1. The molecule has 120 valence electrons. The van der Waals surface area contributed by atoms with E-state index in [4.69, 9.17) is 12.2 Å². The summed E-state index contributed by atoms with van der Waals surface area (Å²) in [6, 6.07) is 12.7. The molecule has 1 saturated heterocycles. The number of pyridine rings is 1. The third-order valence-electron chi connectivity index (χ3n) is 4.15. The van der Waals surface area contributed by atoms with Crippen LogP contribution in [0.1, 0.15) is 31.4 Å². The maximum absolute atomic E-state index is 5.37. The molecule has 0 radical (unpaired) electrons. The van der Waals surface area contributed by atoms with Crippen LogP contribution in [0.5, 0.6) is 0 Å². The summed E-state index contributed by atoms with van der Waals surface area (Å²) in [7, 11) is 0. The van der Waals surface area contributed by atoms with Gasteiger partial charge in [-0.1, -0.05) is 12.1 Å². The Morgan fingerprint density at radius 3 is 2.39 bits per heavy atom. The highest BCUT2D eigenvalue weighted by Gasteiger charge is 2.13. The lowest BCUT2D eigenvalue weighted by molar-refractivity contribution is 0.722. The van der Waals surface area contributed by atoms with E-state index in [1.807, 2.05) is 12.1 Å². The number of anilines is 2. The van der Waals surface area contributed by atoms with Crippen molar-refractivity contribution in [1.29, 1.82) is 0 Å². The van der Waals surface area contributed by atoms with E-state index in [0.29, 0.717) is 5.11 Å². The van der Waals surface area contributed by atoms with Crippen LogP contribution in [0.4, 0.5) is 11.4 Å². The van der Waals surface area contributed by atoms with Gasteiger partial charge in [0.15, 0.2) is 5.11 Å². The minimum atomic E-state index is 0.157. The van der Waals surface area contributed by atoms with Crippen LogP contribution in [-0.4, -0.2) is 23.2 Å². The molecule has 0 aliphatic carbocycles. The van der Waals surface area contributed by atoms with Crippen LogP contribution in [0.15, 0.2) is 48.8 Å². The topological polar surface area (TPSA) is 40.2 Å². The molecule has 2 N–H and O–H groups in total. The maximum atomic E-state index is 5.37. The first-order valence-corrected chi connectivity index (χ1v) is 8.45. The number of rotatable bonds is 4. The fourth-order valence-electron chi connectivity index (χ4n) is 2.83. The Labute approximate surface area is 142 Å². The summed E-state index contributed by atoms with van der Waals surface area (Å²) in [4.78, 5) is 6.44. The zero-order valence-electron chi connectivity index (χ0n) is 13.3. The summed E-state index contributed by atoms with van der Waals surface area (Å²) < 4.78 is 0. The van der Waals surface area contributed by atoms with E-state index in [2.05, 4.69) is 51.7 Å². The van der Waals surface area contributed by atoms with E-state index in [1.165, 1.54) is 37.2 Å². The molecule has 5 heteroatoms. The van der Waals surface area contributed by atoms with Gasteiger partial charge in [0.05, 0.1) is 6.04 Å². The minimum Gasteiger partial charge on any atom is -0.372 e. The van der Waals surface area contributed by atoms with Crippen LogP contribution in [0.2, 0.25) is 0 Å². The highest BCUT2D eigenvalue weighted by atomic mass is 32.1. The van der Waals surface area contributed by atoms with Gasteiger partial charge in [0, 0.05) is 36.9 Å². The molecule has 1 aliphatic heterocycles. The Morgan fingerprint density at radius 2 is 1.74 bits per heavy atom. The molecule has 1 atom stereocenters. The van der Waals surface area contributed by atoms with Crippen molar-refractivity contribution in [2.45, 2.75) is 25.8 Å². The SMILES string of the molecule is C[C@@H](NC(=S)Nc1ccncc1)c1ccc(N2CCCC2)cc1. The lowest BCUT2D eigenvalue weighted by atomic mass is 10.1. The number of hydrogen-bond donors (Lipinski definition) is 2. The fourth-order valence-corrected chi connectivity index (χ4v) is 3.13. The average molecular weight is 326 g/mol. The second-order valence-electron chi connectivity index (χ2n) is 5.84. The number of nitrogens with zero attached hydrogens (tertiary/aromatic N) is 2. The first-order valence-electron chi connectivity index (χ1n) is 8.05. The zero-order chi connectivity index (χ0) is 16.1. The van der Waals surface area contributed by atoms with Crippen molar-refractivity contribution in [3.8, 4) is 0 Å². The van der Waals surface area contributed by atoms with Gasteiger partial charge in [-0.3, -0.25) is 4.98 Å². The van der Waals surface area contributed by atoms with Gasteiger partial charge in [-0.15, -0.1) is 0 Å². The van der Waals surface area contributed by atoms with E-state index in [9.17, 15) is 0 Å². The number of benzene rings is 1. The van der Waals surface area contributed by atoms with E-state index in [1.54, 1.807) is 12.4 Å². The van der Waals surface area contributed by atoms with Crippen LogP contribution >= 0.6 is 12.2 Å². The van der Waals surface area contributed by atoms with Gasteiger partial charge in [0.25, 0.3) is 0 Å². The Morgan fingerprint density at radius 1 is 1.09 bits per heavy atom. The second-order valence-corrected chi connectivity index (χ2v) is 6.25. The summed E-state index contributed by atoms with van der Waals surface area (Å²) in [6.45, 7) is 4.46. The molecule has 1 aromatic carbocycles. The first-order chi connectivity index (χ1) is 11.2. The lowest BCUT2D eigenvalue weighted by Crippen LogP contribution is -2.30. The van der Waals surface area contributed by atoms with Crippen molar-refractivity contribution in [2.75, 3.05) is 23.3 Å². The molecule has 1 aliphatic rings. The van der Waals surface area contributed by atoms with Gasteiger partial charge >= 0.3 is 0 Å². The Balaban J connectivity index is 1.57. The van der Waals surface area contributed by atoms with Gasteiger partial charge in [-0.05, 0) is 61.8 Å². The summed E-state index contributed by atoms with van der Waals surface area (Å²) in [5.41, 5.74) is 3.48. The Bertz CT molecular complexity index is 636. The van der Waals surface area contributed by atoms with Crippen LogP contribution in [0.3, 0.4) is 0 Å². The van der Waals surface area contributed by atoms with Crippen molar-refractivity contribution in [3.63, 3.8) is 0 Å². The van der Waals surface area contributed by atoms with E-state index in [-0.39, 0.29) is 6.04 Å². The third-order valence-corrected chi connectivity index (χ3v) is 4.37. The molecule has 0 bridgehead atoms. The number of thiocarbonyl (C=S) groups is 1. The average Bonchev–Trinajstić information content (AvgIpc) is 3.10. The van der Waals surface area contributed by atoms with Crippen molar-refractivity contribution >= 4 is 28.7 Å². The molecule has 23 heavy (non-hydrogen) atoms. The molecule has 0 amide bonds. The molecular formula is C18H22N4S. The first kappa shape index (κ1) is 15.7. The molecular weight excluding hydrogens is 304 g/mol. The third kappa shape index (κ3) is 4.20. The second kappa shape index (κ2) is 7.42. The predicted molar refractivity (Wildman–Crippen MR) is 99.9 cm³/mol. The lowest BCUT2D eigenvalue weighted by Gasteiger charge is -2.20. The van der Waals surface area contributed by atoms with E-state index < -0.39 is 0 Å². The fraction of sp³-hybridized carbons (Fsp3) is 0.333. The molecule has 1 fully saturated rings. The predicted octanol–water partition coefficient (Wildman–Crippen LogP) is 3.73. The van der Waals surface area contributed by atoms with E-state index >= 15 is 0 Å². The highest BCUT2D eigenvalue weighted by molar-refractivity contribution is 7.80. The normalized spacial score (nSPS) is 15.3. The monoisotopic (exact) mass is 326 g/mol. The van der Waals surface area contributed by atoms with Gasteiger partial charge in [0.1, 0.15) is 0 Å². The zero-order valence-corrected chi connectivity index (χ0v) is 14.1. The molecule has 0 saturated carbocycles. The molecule has 3 rings (SSSR count). The highest BCUT2D eigenvalue weighted by Crippen LogP contribution is 2.22. The van der Waals surface area contributed by atoms with Crippen LogP contribution in [0, 0.1) is 0 Å². The Hall–Kier alpha value is -2.14. The van der Waals surface area contributed by atoms with Crippen molar-refractivity contribution in [2.24, 2.45) is 0 Å². The quantitative estimate of drug-likeness (QED) is 0.838. The van der Waals surface area contributed by atoms with Crippen LogP contribution in [-0.2, 0) is 0 Å². The summed E-state index contributed by atoms with van der Waals surface area (Å²) in [5, 5.41) is 7.11. The number of aromatic nitrogens is 1. The van der Waals surface area contributed by atoms with Gasteiger partial charge in [0.2, 0.25) is 0 Å². The van der Waals surface area contributed by atoms with Crippen molar-refractivity contribution in [3.05, 3.63) is 54.4 Å². The number of nitrogens with one attached hydrogen (secondary N) is 2. The van der Waals surface area contributed by atoms with Crippen molar-refractivity contribution < 1.29 is 0 Å². The largest absolute Gasteiger partial charge is 0.372 e. The van der Waals surface area contributed by atoms with E-state index in [0.717, 1.165) is 5.69 Å². The number of hydrogen-bond acceptors (Lipinski definition) is 3. The van der Waals surface area contributed by atoms with Gasteiger partial charge in [-0.25, -0.2) is 0 Å². The Kier molecular flexibility index (Phi) is 5.08. The summed E-state index contributed by atoms with van der Waals surface area (Å²) >= 11 is 5.37. The van der Waals surface area contributed by atoms with Crippen LogP contribution < -0.4 is 15.5 Å². The molecule has 0 unspecified atom stereocenters. The van der Waals surface area contributed by atoms with Crippen LogP contribution in [0.25, 0.3) is 0 Å². The molecule has 2 heterocycles. The smallest absolute Gasteiger partial charge is 0.171 e. The minimum absolute atomic E-state index is 0.157. The molecule has 2 aromatic rings.